The topological polar surface area (TPSA) is 71.8 Å². The van der Waals surface area contributed by atoms with E-state index in [1.165, 1.54) is 0 Å². The number of aromatic nitrogens is 3. The van der Waals surface area contributed by atoms with Gasteiger partial charge < -0.3 is 10.6 Å². The molecule has 1 amide bonds. The van der Waals surface area contributed by atoms with E-state index in [1.54, 1.807) is 10.7 Å². The Balaban J connectivity index is 0.00000208. The maximum Gasteiger partial charge on any atom is 0.274 e. The number of carbonyl (C=O) groups excluding carboxylic acids is 1. The number of hydrogen-bond donors (Lipinski definition) is 2. The molecule has 6 nitrogen and oxygen atoms in total. The number of rotatable bonds is 4. The summed E-state index contributed by atoms with van der Waals surface area (Å²) in [5, 5.41) is 15.2. The van der Waals surface area contributed by atoms with Crippen LogP contribution in [0.25, 0.3) is 5.69 Å². The highest BCUT2D eigenvalue weighted by Crippen LogP contribution is 2.18. The third-order valence-corrected chi connectivity index (χ3v) is 4.23. The molecule has 130 valence electrons. The molecule has 1 aliphatic heterocycles. The lowest BCUT2D eigenvalue weighted by Crippen LogP contribution is -2.45. The molecule has 0 saturated carbocycles. The Hall–Kier alpha value is -1.63. The van der Waals surface area contributed by atoms with Crippen molar-refractivity contribution in [3.63, 3.8) is 0 Å². The number of hydrogen-bond acceptors (Lipinski definition) is 4. The van der Waals surface area contributed by atoms with Gasteiger partial charge in [-0.15, -0.1) is 17.5 Å². The molecule has 1 saturated heterocycles. The van der Waals surface area contributed by atoms with Crippen LogP contribution in [0, 0.1) is 0 Å². The summed E-state index contributed by atoms with van der Waals surface area (Å²) in [6, 6.07) is 7.51. The Morgan fingerprint density at radius 1 is 1.50 bits per heavy atom. The van der Waals surface area contributed by atoms with E-state index >= 15 is 0 Å². The van der Waals surface area contributed by atoms with Crippen molar-refractivity contribution in [1.82, 2.24) is 25.6 Å². The molecule has 3 rings (SSSR count). The molecule has 0 spiro atoms. The molecule has 0 bridgehead atoms. The maximum atomic E-state index is 12.5. The molecule has 8 heteroatoms. The van der Waals surface area contributed by atoms with Crippen molar-refractivity contribution in [3.8, 4) is 5.69 Å². The van der Waals surface area contributed by atoms with Gasteiger partial charge in [-0.3, -0.25) is 4.79 Å². The fourth-order valence-corrected chi connectivity index (χ4v) is 3.02. The Morgan fingerprint density at radius 2 is 2.33 bits per heavy atom. The zero-order valence-electron chi connectivity index (χ0n) is 13.5. The van der Waals surface area contributed by atoms with Gasteiger partial charge in [-0.2, -0.15) is 0 Å². The predicted octanol–water partition coefficient (Wildman–Crippen LogP) is 2.39. The Kier molecular flexibility index (Phi) is 6.60. The van der Waals surface area contributed by atoms with Crippen LogP contribution in [0.4, 0.5) is 0 Å². The van der Waals surface area contributed by atoms with E-state index in [4.69, 9.17) is 11.6 Å². The summed E-state index contributed by atoms with van der Waals surface area (Å²) in [5.74, 6) is -0.163. The number of nitrogens with zero attached hydrogens (tertiary/aromatic N) is 3. The van der Waals surface area contributed by atoms with E-state index in [-0.39, 0.29) is 24.4 Å². The molecule has 1 atom stereocenters. The van der Waals surface area contributed by atoms with Crippen molar-refractivity contribution in [2.75, 3.05) is 13.1 Å². The second-order valence-corrected chi connectivity index (χ2v) is 6.08. The van der Waals surface area contributed by atoms with E-state index in [2.05, 4.69) is 20.9 Å². The van der Waals surface area contributed by atoms with Gasteiger partial charge in [-0.05, 0) is 44.0 Å². The summed E-state index contributed by atoms with van der Waals surface area (Å²) < 4.78 is 1.68. The number of carbonyl (C=O) groups is 1. The molecular formula is C16H21Cl2N5O. The van der Waals surface area contributed by atoms with Crippen molar-refractivity contribution in [2.24, 2.45) is 0 Å². The van der Waals surface area contributed by atoms with Gasteiger partial charge in [0.05, 0.1) is 11.4 Å². The van der Waals surface area contributed by atoms with Crippen LogP contribution in [-0.4, -0.2) is 40.0 Å². The van der Waals surface area contributed by atoms with Gasteiger partial charge in [0.1, 0.15) is 0 Å². The highest BCUT2D eigenvalue weighted by Gasteiger charge is 2.22. The van der Waals surface area contributed by atoms with Gasteiger partial charge in [0.2, 0.25) is 0 Å². The van der Waals surface area contributed by atoms with Crippen molar-refractivity contribution in [1.29, 1.82) is 0 Å². The normalized spacial score (nSPS) is 17.2. The number of halogens is 2. The lowest BCUT2D eigenvalue weighted by atomic mass is 10.1. The maximum absolute atomic E-state index is 12.5. The first kappa shape index (κ1) is 18.7. The van der Waals surface area contributed by atoms with Gasteiger partial charge in [0.25, 0.3) is 5.91 Å². The third-order valence-electron chi connectivity index (χ3n) is 4.00. The first-order chi connectivity index (χ1) is 11.2. The van der Waals surface area contributed by atoms with Crippen LogP contribution in [0.2, 0.25) is 5.02 Å². The minimum Gasteiger partial charge on any atom is -0.347 e. The van der Waals surface area contributed by atoms with Gasteiger partial charge in [0.15, 0.2) is 5.69 Å². The number of piperidine rings is 1. The average molecular weight is 370 g/mol. The monoisotopic (exact) mass is 369 g/mol. The summed E-state index contributed by atoms with van der Waals surface area (Å²) in [6.45, 7) is 3.80. The fraction of sp³-hybridized carbons (Fsp3) is 0.438. The molecule has 1 aromatic carbocycles. The summed E-state index contributed by atoms with van der Waals surface area (Å²) in [6.07, 6.45) is 2.72. The van der Waals surface area contributed by atoms with E-state index < -0.39 is 0 Å². The second-order valence-electron chi connectivity index (χ2n) is 5.65. The standard InChI is InChI=1S/C16H20ClN5O.ClH/c1-2-14-15(16(23)19-12-6-4-8-18-10-12)20-21-22(14)13-7-3-5-11(17)9-13;/h3,5,7,9,12,18H,2,4,6,8,10H2,1H3,(H,19,23);1H. The van der Waals surface area contributed by atoms with Crippen LogP contribution >= 0.6 is 24.0 Å². The molecule has 1 unspecified atom stereocenters. The lowest BCUT2D eigenvalue weighted by Gasteiger charge is -2.23. The summed E-state index contributed by atoms with van der Waals surface area (Å²) in [4.78, 5) is 12.5. The van der Waals surface area contributed by atoms with Crippen molar-refractivity contribution in [3.05, 3.63) is 40.7 Å². The van der Waals surface area contributed by atoms with E-state index in [0.29, 0.717) is 17.1 Å². The van der Waals surface area contributed by atoms with Crippen LogP contribution < -0.4 is 10.6 Å². The largest absolute Gasteiger partial charge is 0.347 e. The average Bonchev–Trinajstić information content (AvgIpc) is 3.00. The van der Waals surface area contributed by atoms with E-state index in [1.807, 2.05) is 25.1 Å². The summed E-state index contributed by atoms with van der Waals surface area (Å²) in [5.41, 5.74) is 1.98. The molecule has 2 heterocycles. The number of nitrogens with one attached hydrogen (secondary N) is 2. The van der Waals surface area contributed by atoms with Crippen LogP contribution in [0.15, 0.2) is 24.3 Å². The first-order valence-corrected chi connectivity index (χ1v) is 8.29. The molecule has 1 aromatic heterocycles. The van der Waals surface area contributed by atoms with Crippen LogP contribution in [-0.2, 0) is 6.42 Å². The molecule has 0 radical (unpaired) electrons. The highest BCUT2D eigenvalue weighted by molar-refractivity contribution is 6.30. The number of benzene rings is 1. The van der Waals surface area contributed by atoms with Gasteiger partial charge in [-0.25, -0.2) is 4.68 Å². The molecular weight excluding hydrogens is 349 g/mol. The predicted molar refractivity (Wildman–Crippen MR) is 96.4 cm³/mol. The molecule has 2 aromatic rings. The third kappa shape index (κ3) is 4.06. The van der Waals surface area contributed by atoms with Crippen LogP contribution in [0.5, 0.6) is 0 Å². The van der Waals surface area contributed by atoms with Gasteiger partial charge in [0, 0.05) is 17.6 Å². The second kappa shape index (κ2) is 8.46. The molecule has 1 aliphatic rings. The lowest BCUT2D eigenvalue weighted by molar-refractivity contribution is 0.0924. The minimum atomic E-state index is -0.163. The van der Waals surface area contributed by atoms with Crippen molar-refractivity contribution < 1.29 is 4.79 Å². The minimum absolute atomic E-state index is 0. The van der Waals surface area contributed by atoms with Crippen molar-refractivity contribution in [2.45, 2.75) is 32.2 Å². The Morgan fingerprint density at radius 3 is 3.00 bits per heavy atom. The smallest absolute Gasteiger partial charge is 0.274 e. The van der Waals surface area contributed by atoms with Crippen molar-refractivity contribution >= 4 is 29.9 Å². The SMILES string of the molecule is CCc1c(C(=O)NC2CCCNC2)nnn1-c1cccc(Cl)c1.Cl. The fourth-order valence-electron chi connectivity index (χ4n) is 2.84. The summed E-state index contributed by atoms with van der Waals surface area (Å²) >= 11 is 6.04. The van der Waals surface area contributed by atoms with Gasteiger partial charge >= 0.3 is 0 Å². The number of amides is 1. The highest BCUT2D eigenvalue weighted by atomic mass is 35.5. The first-order valence-electron chi connectivity index (χ1n) is 7.91. The Labute approximate surface area is 152 Å². The molecule has 1 fully saturated rings. The molecule has 2 N–H and O–H groups in total. The summed E-state index contributed by atoms with van der Waals surface area (Å²) in [7, 11) is 0. The quantitative estimate of drug-likeness (QED) is 0.867. The van der Waals surface area contributed by atoms with Crippen LogP contribution in [0.3, 0.4) is 0 Å². The van der Waals surface area contributed by atoms with E-state index in [0.717, 1.165) is 37.3 Å². The molecule has 0 aliphatic carbocycles. The Bertz CT molecular complexity index is 698. The van der Waals surface area contributed by atoms with Crippen LogP contribution in [0.1, 0.15) is 35.9 Å². The van der Waals surface area contributed by atoms with E-state index in [9.17, 15) is 4.79 Å². The zero-order chi connectivity index (χ0) is 16.2. The van der Waals surface area contributed by atoms with Gasteiger partial charge in [-0.1, -0.05) is 29.8 Å². The molecule has 24 heavy (non-hydrogen) atoms. The zero-order valence-corrected chi connectivity index (χ0v) is 15.0.